The molecular formula is C10H15NaO7S. The molecule has 1 aliphatic carbocycles. The maximum absolute atomic E-state index is 11.8. The molecular weight excluding hydrogens is 287 g/mol. The third-order valence-electron chi connectivity index (χ3n) is 3.53. The Bertz CT molecular complexity index is 474. The molecule has 0 radical (unpaired) electrons. The Kier molecular flexibility index (Phi) is 5.42. The molecule has 0 saturated heterocycles. The van der Waals surface area contributed by atoms with Gasteiger partial charge in [-0.3, -0.25) is 0 Å². The summed E-state index contributed by atoms with van der Waals surface area (Å²) in [6.07, 6.45) is 0.148. The summed E-state index contributed by atoms with van der Waals surface area (Å²) in [5.74, 6) is -2.32. The van der Waals surface area contributed by atoms with Gasteiger partial charge in [-0.15, -0.1) is 0 Å². The van der Waals surface area contributed by atoms with Gasteiger partial charge in [-0.2, -0.15) is 0 Å². The Balaban J connectivity index is 3.24. The van der Waals surface area contributed by atoms with Crippen LogP contribution in [0.25, 0.3) is 0 Å². The van der Waals surface area contributed by atoms with Crippen molar-refractivity contribution in [2.45, 2.75) is 27.2 Å². The molecule has 3 atom stereocenters. The van der Waals surface area contributed by atoms with Crippen molar-refractivity contribution in [2.24, 2.45) is 5.92 Å². The van der Waals surface area contributed by atoms with Gasteiger partial charge in [-0.25, -0.2) is 0 Å². The van der Waals surface area contributed by atoms with Gasteiger partial charge in [0, 0.05) is 0 Å². The molecule has 1 rings (SSSR count). The molecule has 9 heteroatoms. The van der Waals surface area contributed by atoms with Crippen molar-refractivity contribution in [2.75, 3.05) is 14.2 Å². The molecule has 0 aromatic heterocycles. The van der Waals surface area contributed by atoms with E-state index in [2.05, 4.69) is 9.47 Å². The normalized spacial score (nSPS) is 31.6. The summed E-state index contributed by atoms with van der Waals surface area (Å²) in [7, 11) is -2.41. The summed E-state index contributed by atoms with van der Waals surface area (Å²) in [5.41, 5.74) is 0. The molecule has 0 heterocycles. The van der Waals surface area contributed by atoms with Gasteiger partial charge in [0.2, 0.25) is 0 Å². The van der Waals surface area contributed by atoms with Gasteiger partial charge in [0.05, 0.1) is 0 Å². The number of hydrogen-bond acceptors (Lipinski definition) is 6. The first-order chi connectivity index (χ1) is 8.67. The van der Waals surface area contributed by atoms with Crippen LogP contribution in [0.15, 0.2) is 0 Å². The van der Waals surface area contributed by atoms with E-state index in [1.54, 1.807) is 0 Å². The van der Waals surface area contributed by atoms with Crippen molar-refractivity contribution >= 4 is 50.0 Å². The second kappa shape index (κ2) is 6.09. The zero-order chi connectivity index (χ0) is 14.8. The topological polar surface area (TPSA) is 107 Å². The van der Waals surface area contributed by atoms with Crippen LogP contribution in [0.5, 0.6) is 0 Å². The van der Waals surface area contributed by atoms with Crippen molar-refractivity contribution in [3.63, 3.8) is 0 Å². The molecule has 19 heavy (non-hydrogen) atoms. The first kappa shape index (κ1) is 16.9. The molecule has 1 saturated carbocycles. The number of ether oxygens (including phenoxy) is 2. The first-order valence-corrected chi connectivity index (χ1v) is 8.40. The van der Waals surface area contributed by atoms with Crippen molar-refractivity contribution < 1.29 is 32.0 Å². The molecule has 0 spiro atoms. The van der Waals surface area contributed by atoms with E-state index in [4.69, 9.17) is 0 Å². The van der Waals surface area contributed by atoms with Crippen LogP contribution < -0.4 is 0 Å². The van der Waals surface area contributed by atoms with Crippen molar-refractivity contribution in [3.05, 3.63) is 0 Å². The zero-order valence-corrected chi connectivity index (χ0v) is 13.9. The Labute approximate surface area is 129 Å². The fourth-order valence-electron chi connectivity index (χ4n) is 2.71. The molecule has 1 fully saturated rings. The minimum atomic E-state index is -4.67. The van der Waals surface area contributed by atoms with Gasteiger partial charge in [0.1, 0.15) is 0 Å². The number of esters is 2. The summed E-state index contributed by atoms with van der Waals surface area (Å²) >= 11 is 0.599. The Morgan fingerprint density at radius 1 is 1.26 bits per heavy atom. The van der Waals surface area contributed by atoms with Crippen LogP contribution in [0, 0.1) is 5.92 Å². The summed E-state index contributed by atoms with van der Waals surface area (Å²) in [4.78, 5) is 23.4. The van der Waals surface area contributed by atoms with Crippen LogP contribution in [-0.4, -0.2) is 71.8 Å². The second-order valence-corrected chi connectivity index (χ2v) is 8.29. The van der Waals surface area contributed by atoms with E-state index in [1.807, 2.05) is 0 Å². The van der Waals surface area contributed by atoms with Crippen molar-refractivity contribution in [3.8, 4) is 0 Å². The average Bonchev–Trinajstić information content (AvgIpc) is 2.34. The monoisotopic (exact) mass is 302 g/mol. The number of rotatable bonds is 3. The van der Waals surface area contributed by atoms with Gasteiger partial charge in [-0.05, 0) is 0 Å². The predicted octanol–water partition coefficient (Wildman–Crippen LogP) is -0.284. The number of hydrogen-bond donors (Lipinski definition) is 1. The van der Waals surface area contributed by atoms with Crippen LogP contribution in [0.1, 0.15) is 19.3 Å². The SMILES string of the molecule is COC(=O)C1C[CH]([Na])CC(C(=O)OC)(S(=O)(=O)O)C1. The van der Waals surface area contributed by atoms with Crippen LogP contribution in [0.3, 0.4) is 0 Å². The molecule has 0 aliphatic heterocycles. The Hall–Kier alpha value is -0.150. The summed E-state index contributed by atoms with van der Waals surface area (Å²) in [6, 6.07) is 0. The summed E-state index contributed by atoms with van der Waals surface area (Å²) < 4.78 is 39.6. The van der Waals surface area contributed by atoms with Crippen LogP contribution in [0.2, 0.25) is 3.17 Å². The third kappa shape index (κ3) is 3.30. The Morgan fingerprint density at radius 2 is 1.84 bits per heavy atom. The molecule has 3 unspecified atom stereocenters. The van der Waals surface area contributed by atoms with Gasteiger partial charge < -0.3 is 0 Å². The summed E-state index contributed by atoms with van der Waals surface area (Å²) in [6.45, 7) is 0. The van der Waals surface area contributed by atoms with E-state index in [0.29, 0.717) is 34.4 Å². The van der Waals surface area contributed by atoms with Gasteiger partial charge in [0.15, 0.2) is 0 Å². The summed E-state index contributed by atoms with van der Waals surface area (Å²) in [5, 5.41) is 0. The number of carbonyl (C=O) groups is 2. The Morgan fingerprint density at radius 3 is 2.26 bits per heavy atom. The first-order valence-electron chi connectivity index (χ1n) is 5.81. The fourth-order valence-corrected chi connectivity index (χ4v) is 5.47. The standard InChI is InChI=1S/C10H15O7S.Na/c1-16-8(11)7-4-3-5-10(6-7,9(12)17-2)18(13,14)15;/h3,7H,4-6H2,1-2H3,(H,13,14,15);. The molecule has 0 amide bonds. The molecule has 0 bridgehead atoms. The van der Waals surface area contributed by atoms with Crippen LogP contribution in [0.4, 0.5) is 0 Å². The van der Waals surface area contributed by atoms with E-state index in [0.717, 1.165) is 7.11 Å². The zero-order valence-electron chi connectivity index (χ0n) is 11.1. The fraction of sp³-hybridized carbons (Fsp3) is 0.800. The third-order valence-corrected chi connectivity index (χ3v) is 5.89. The van der Waals surface area contributed by atoms with Crippen LogP contribution >= 0.6 is 0 Å². The predicted molar refractivity (Wildman–Crippen MR) is 65.2 cm³/mol. The minimum absolute atomic E-state index is 0.0157. The van der Waals surface area contributed by atoms with Gasteiger partial charge in [0.25, 0.3) is 0 Å². The molecule has 0 aromatic rings. The quantitative estimate of drug-likeness (QED) is 0.434. The molecule has 104 valence electrons. The molecule has 0 aromatic carbocycles. The van der Waals surface area contributed by atoms with Crippen molar-refractivity contribution in [1.82, 2.24) is 0 Å². The van der Waals surface area contributed by atoms with Gasteiger partial charge in [-0.1, -0.05) is 0 Å². The number of methoxy groups -OCH3 is 2. The molecule has 1 aliphatic rings. The maximum atomic E-state index is 11.8. The van der Waals surface area contributed by atoms with E-state index < -0.39 is 32.7 Å². The van der Waals surface area contributed by atoms with Crippen LogP contribution in [-0.2, 0) is 29.2 Å². The van der Waals surface area contributed by atoms with E-state index in [1.165, 1.54) is 7.11 Å². The second-order valence-electron chi connectivity index (χ2n) is 4.93. The molecule has 1 N–H and O–H groups in total. The van der Waals surface area contributed by atoms with Crippen molar-refractivity contribution in [1.29, 1.82) is 0 Å². The number of carbonyl (C=O) groups excluding carboxylic acids is 2. The van der Waals surface area contributed by atoms with E-state index in [-0.39, 0.29) is 16.0 Å². The van der Waals surface area contributed by atoms with Gasteiger partial charge >= 0.3 is 129 Å². The average molecular weight is 302 g/mol. The van der Waals surface area contributed by atoms with E-state index >= 15 is 0 Å². The van der Waals surface area contributed by atoms with E-state index in [9.17, 15) is 22.6 Å². The molecule has 7 nitrogen and oxygen atoms in total.